The van der Waals surface area contributed by atoms with Crippen molar-refractivity contribution in [2.24, 2.45) is 0 Å². The molecule has 0 radical (unpaired) electrons. The van der Waals surface area contributed by atoms with Crippen LogP contribution < -0.4 is 8.46 Å². The first-order valence-corrected chi connectivity index (χ1v) is 12.7. The molecule has 2 aromatic heterocycles. The Balaban J connectivity index is 2.02. The van der Waals surface area contributed by atoms with Crippen LogP contribution >= 0.6 is 0 Å². The van der Waals surface area contributed by atoms with Crippen molar-refractivity contribution in [3.8, 4) is 0 Å². The number of aromatic nitrogens is 2. The molecule has 0 aliphatic carbocycles. The maximum Gasteiger partial charge on any atom is 0.246 e. The fourth-order valence-corrected chi connectivity index (χ4v) is 18.0. The zero-order valence-electron chi connectivity index (χ0n) is 12.4. The van der Waals surface area contributed by atoms with Gasteiger partial charge in [-0.25, -0.2) is 9.97 Å². The Labute approximate surface area is 122 Å². The van der Waals surface area contributed by atoms with Crippen LogP contribution in [0.25, 0.3) is 0 Å². The van der Waals surface area contributed by atoms with Crippen LogP contribution in [0, 0.1) is 0 Å². The molecule has 4 nitrogen and oxygen atoms in total. The number of hydrogen-bond acceptors (Lipinski definition) is 4. The quantitative estimate of drug-likeness (QED) is 0.797. The molecule has 0 saturated carbocycles. The average Bonchev–Trinajstić information content (AvgIpc) is 2.39. The highest BCUT2D eigenvalue weighted by Gasteiger charge is 2.62. The van der Waals surface area contributed by atoms with Crippen molar-refractivity contribution < 1.29 is 0 Å². The Morgan fingerprint density at radius 2 is 1.10 bits per heavy atom. The highest BCUT2D eigenvalue weighted by molar-refractivity contribution is 7.20. The van der Waals surface area contributed by atoms with Gasteiger partial charge in [0.15, 0.2) is 0 Å². The van der Waals surface area contributed by atoms with Gasteiger partial charge in [-0.3, -0.25) is 0 Å². The third-order valence-electron chi connectivity index (χ3n) is 3.95. The van der Waals surface area contributed by atoms with E-state index in [1.807, 2.05) is 24.5 Å². The number of hydrogen-bond donors (Lipinski definition) is 0. The van der Waals surface area contributed by atoms with E-state index in [2.05, 4.69) is 68.9 Å². The largest absolute Gasteiger partial charge is 0.377 e. The van der Waals surface area contributed by atoms with Gasteiger partial charge >= 0.3 is 0 Å². The molecule has 3 heterocycles. The van der Waals surface area contributed by atoms with Crippen LogP contribution in [0.5, 0.6) is 0 Å². The van der Waals surface area contributed by atoms with Crippen LogP contribution in [0.3, 0.4) is 0 Å². The van der Waals surface area contributed by atoms with E-state index in [4.69, 9.17) is 0 Å². The zero-order chi connectivity index (χ0) is 14.4. The van der Waals surface area contributed by atoms with E-state index in [0.29, 0.717) is 0 Å². The first kappa shape index (κ1) is 13.3. The molecule has 104 valence electrons. The van der Waals surface area contributed by atoms with E-state index in [0.717, 1.165) is 11.6 Å². The maximum atomic E-state index is 4.57. The summed E-state index contributed by atoms with van der Waals surface area (Å²) < 4.78 is 5.21. The van der Waals surface area contributed by atoms with Gasteiger partial charge in [0.1, 0.15) is 11.6 Å². The van der Waals surface area contributed by atoms with Crippen LogP contribution in [0.4, 0.5) is 11.6 Å². The Kier molecular flexibility index (Phi) is 2.95. The van der Waals surface area contributed by atoms with Gasteiger partial charge in [-0.05, 0) is 50.5 Å². The minimum absolute atomic E-state index is 1.12. The van der Waals surface area contributed by atoms with Gasteiger partial charge in [-0.1, -0.05) is 12.1 Å². The molecule has 1 aliphatic rings. The third kappa shape index (κ3) is 1.79. The van der Waals surface area contributed by atoms with Crippen LogP contribution in [0.15, 0.2) is 48.8 Å². The van der Waals surface area contributed by atoms with Crippen molar-refractivity contribution in [3.05, 3.63) is 48.8 Å². The lowest BCUT2D eigenvalue weighted by Gasteiger charge is -2.68. The van der Waals surface area contributed by atoms with Gasteiger partial charge in [-0.2, -0.15) is 0 Å². The normalized spacial score (nSPS) is 19.6. The summed E-state index contributed by atoms with van der Waals surface area (Å²) in [5, 5.41) is 0. The highest BCUT2D eigenvalue weighted by atomic mass is 28.5. The maximum absolute atomic E-state index is 4.57. The molecule has 0 unspecified atom stereocenters. The van der Waals surface area contributed by atoms with Crippen LogP contribution in [-0.4, -0.2) is 26.8 Å². The number of pyridine rings is 2. The van der Waals surface area contributed by atoms with Gasteiger partial charge in [0, 0.05) is 12.4 Å². The minimum Gasteiger partial charge on any atom is -0.377 e. The number of rotatable bonds is 2. The molecule has 2 aromatic rings. The lowest BCUT2D eigenvalue weighted by Crippen LogP contribution is -2.91. The summed E-state index contributed by atoms with van der Waals surface area (Å²) in [6.45, 7) is 9.48. The van der Waals surface area contributed by atoms with Crippen LogP contribution in [0.1, 0.15) is 0 Å². The van der Waals surface area contributed by atoms with Crippen molar-refractivity contribution >= 4 is 28.4 Å². The standard InChI is InChI=1S/C14H20N4Si2/c1-19(2)17(13-9-5-7-11-15-13)20(3,4)18(19)14-10-6-8-12-16-14/h5-12H,1-4H3. The monoisotopic (exact) mass is 300 g/mol. The SMILES string of the molecule is C[Si]1(C)N(c2ccccn2)[Si](C)(C)N1c1ccccn1. The van der Waals surface area contributed by atoms with Crippen molar-refractivity contribution in [2.45, 2.75) is 26.2 Å². The second-order valence-corrected chi connectivity index (χ2v) is 14.7. The molecular formula is C14H20N4Si2. The molecule has 0 bridgehead atoms. The summed E-state index contributed by atoms with van der Waals surface area (Å²) in [5.74, 6) is 2.24. The van der Waals surface area contributed by atoms with Crippen molar-refractivity contribution in [3.63, 3.8) is 0 Å². The minimum atomic E-state index is -1.72. The van der Waals surface area contributed by atoms with E-state index in [1.165, 1.54) is 0 Å². The molecule has 1 fully saturated rings. The Morgan fingerprint density at radius 3 is 1.40 bits per heavy atom. The Bertz CT molecular complexity index is 534. The van der Waals surface area contributed by atoms with Gasteiger partial charge in [0.2, 0.25) is 16.8 Å². The summed E-state index contributed by atoms with van der Waals surface area (Å²) in [6.07, 6.45) is 3.77. The van der Waals surface area contributed by atoms with Crippen LogP contribution in [0.2, 0.25) is 26.2 Å². The molecule has 0 aromatic carbocycles. The molecular weight excluding hydrogens is 280 g/mol. The van der Waals surface area contributed by atoms with Crippen LogP contribution in [-0.2, 0) is 0 Å². The second kappa shape index (κ2) is 4.42. The second-order valence-electron chi connectivity index (χ2n) is 6.04. The summed E-state index contributed by atoms with van der Waals surface area (Å²) in [5.41, 5.74) is 0. The Morgan fingerprint density at radius 1 is 0.700 bits per heavy atom. The first-order chi connectivity index (χ1) is 9.45. The molecule has 0 spiro atoms. The molecule has 20 heavy (non-hydrogen) atoms. The predicted molar refractivity (Wildman–Crippen MR) is 88.4 cm³/mol. The fraction of sp³-hybridized carbons (Fsp3) is 0.286. The van der Waals surface area contributed by atoms with E-state index < -0.39 is 16.8 Å². The van der Waals surface area contributed by atoms with Crippen molar-refractivity contribution in [2.75, 3.05) is 8.46 Å². The van der Waals surface area contributed by atoms with Crippen molar-refractivity contribution in [1.82, 2.24) is 9.97 Å². The van der Waals surface area contributed by atoms with Gasteiger partial charge < -0.3 is 8.46 Å². The molecule has 0 amide bonds. The molecule has 1 saturated heterocycles. The molecule has 3 rings (SSSR count). The third-order valence-corrected chi connectivity index (χ3v) is 15.8. The summed E-state index contributed by atoms with van der Waals surface area (Å²) >= 11 is 0. The van der Waals surface area contributed by atoms with Gasteiger partial charge in [-0.15, -0.1) is 0 Å². The lowest BCUT2D eigenvalue weighted by atomic mass is 10.5. The zero-order valence-corrected chi connectivity index (χ0v) is 14.4. The highest BCUT2D eigenvalue weighted by Crippen LogP contribution is 2.43. The summed E-state index contributed by atoms with van der Waals surface area (Å²) in [6, 6.07) is 12.3. The van der Waals surface area contributed by atoms with Gasteiger partial charge in [0.25, 0.3) is 0 Å². The lowest BCUT2D eigenvalue weighted by molar-refractivity contribution is 1.08. The topological polar surface area (TPSA) is 32.3 Å². The number of anilines is 2. The van der Waals surface area contributed by atoms with E-state index in [1.54, 1.807) is 0 Å². The van der Waals surface area contributed by atoms with E-state index >= 15 is 0 Å². The Hall–Kier alpha value is -1.67. The smallest absolute Gasteiger partial charge is 0.246 e. The fourth-order valence-electron chi connectivity index (χ4n) is 3.59. The summed E-state index contributed by atoms with van der Waals surface area (Å²) in [7, 11) is -3.45. The van der Waals surface area contributed by atoms with E-state index in [-0.39, 0.29) is 0 Å². The molecule has 0 atom stereocenters. The molecule has 0 N–H and O–H groups in total. The molecule has 6 heteroatoms. The van der Waals surface area contributed by atoms with Gasteiger partial charge in [0.05, 0.1) is 0 Å². The van der Waals surface area contributed by atoms with Crippen molar-refractivity contribution in [1.29, 1.82) is 0 Å². The average molecular weight is 301 g/mol. The predicted octanol–water partition coefficient (Wildman–Crippen LogP) is 3.21. The number of nitrogens with zero attached hydrogens (tertiary/aromatic N) is 4. The molecule has 1 aliphatic heterocycles. The summed E-state index contributed by atoms with van der Waals surface area (Å²) in [4.78, 5) is 9.14. The van der Waals surface area contributed by atoms with E-state index in [9.17, 15) is 0 Å². The first-order valence-electron chi connectivity index (χ1n) is 6.88.